The fourth-order valence-corrected chi connectivity index (χ4v) is 3.26. The van der Waals surface area contributed by atoms with Gasteiger partial charge < -0.3 is 14.8 Å². The van der Waals surface area contributed by atoms with Crippen molar-refractivity contribution in [3.8, 4) is 11.5 Å². The Morgan fingerprint density at radius 1 is 1.33 bits per heavy atom. The zero-order chi connectivity index (χ0) is 18.3. The predicted octanol–water partition coefficient (Wildman–Crippen LogP) is 0.758. The standard InChI is InChI=1S/C17H20N6O3.ClH/c1-3-23-16(24)11-5-4-10(8-12(11)19-17(23)25)15-20-14(21-26-15)13-9-18-6-7-22(13)2;/h4-5,8,13,18H,3,6-7,9H2,1-2H3,(H,19,25);1H. The van der Waals surface area contributed by atoms with Crippen LogP contribution in [0.1, 0.15) is 18.8 Å². The molecule has 10 heteroatoms. The molecule has 2 aromatic heterocycles. The number of nitrogens with one attached hydrogen (secondary N) is 2. The van der Waals surface area contributed by atoms with Crippen molar-refractivity contribution in [2.24, 2.45) is 0 Å². The van der Waals surface area contributed by atoms with Crippen LogP contribution in [0.2, 0.25) is 0 Å². The highest BCUT2D eigenvalue weighted by atomic mass is 35.5. The molecule has 0 bridgehead atoms. The minimum atomic E-state index is -0.428. The molecule has 3 heterocycles. The third-order valence-electron chi connectivity index (χ3n) is 4.80. The zero-order valence-corrected chi connectivity index (χ0v) is 15.9. The van der Waals surface area contributed by atoms with Crippen molar-refractivity contribution >= 4 is 23.3 Å². The Hall–Kier alpha value is -2.49. The van der Waals surface area contributed by atoms with Gasteiger partial charge in [-0.05, 0) is 32.2 Å². The van der Waals surface area contributed by atoms with Gasteiger partial charge in [0.05, 0.1) is 16.9 Å². The maximum atomic E-state index is 12.4. The molecular formula is C17H21ClN6O3. The summed E-state index contributed by atoms with van der Waals surface area (Å²) in [6, 6.07) is 5.17. The molecule has 4 rings (SSSR count). The van der Waals surface area contributed by atoms with Gasteiger partial charge in [-0.1, -0.05) is 5.16 Å². The van der Waals surface area contributed by atoms with Crippen molar-refractivity contribution < 1.29 is 4.52 Å². The van der Waals surface area contributed by atoms with Gasteiger partial charge in [-0.25, -0.2) is 4.79 Å². The van der Waals surface area contributed by atoms with E-state index in [1.54, 1.807) is 25.1 Å². The Morgan fingerprint density at radius 2 is 2.15 bits per heavy atom. The molecule has 9 nitrogen and oxygen atoms in total. The average Bonchev–Trinajstić information content (AvgIpc) is 3.12. The second-order valence-electron chi connectivity index (χ2n) is 6.40. The van der Waals surface area contributed by atoms with Crippen LogP contribution >= 0.6 is 12.4 Å². The molecule has 0 spiro atoms. The Morgan fingerprint density at radius 3 is 2.89 bits per heavy atom. The molecule has 2 N–H and O–H groups in total. The lowest BCUT2D eigenvalue weighted by Crippen LogP contribution is -2.44. The van der Waals surface area contributed by atoms with E-state index in [0.717, 1.165) is 19.6 Å². The Balaban J connectivity index is 0.00000210. The fourth-order valence-electron chi connectivity index (χ4n) is 3.26. The molecule has 0 aliphatic carbocycles. The summed E-state index contributed by atoms with van der Waals surface area (Å²) in [6.07, 6.45) is 0. The van der Waals surface area contributed by atoms with E-state index in [-0.39, 0.29) is 24.0 Å². The van der Waals surface area contributed by atoms with E-state index < -0.39 is 5.69 Å². The van der Waals surface area contributed by atoms with E-state index >= 15 is 0 Å². The Kier molecular flexibility index (Phi) is 5.45. The van der Waals surface area contributed by atoms with Gasteiger partial charge in [-0.15, -0.1) is 12.4 Å². The molecule has 1 atom stereocenters. The van der Waals surface area contributed by atoms with Crippen LogP contribution in [0.3, 0.4) is 0 Å². The molecule has 27 heavy (non-hydrogen) atoms. The van der Waals surface area contributed by atoms with E-state index in [1.807, 2.05) is 7.05 Å². The van der Waals surface area contributed by atoms with E-state index in [2.05, 4.69) is 25.3 Å². The molecule has 144 valence electrons. The first-order valence-electron chi connectivity index (χ1n) is 8.60. The molecule has 0 radical (unpaired) electrons. The van der Waals surface area contributed by atoms with Crippen molar-refractivity contribution in [2.45, 2.75) is 19.5 Å². The lowest BCUT2D eigenvalue weighted by atomic mass is 10.1. The van der Waals surface area contributed by atoms with Crippen molar-refractivity contribution in [1.29, 1.82) is 0 Å². The quantitative estimate of drug-likeness (QED) is 0.677. The number of aromatic nitrogens is 4. The summed E-state index contributed by atoms with van der Waals surface area (Å²) in [4.78, 5) is 33.8. The summed E-state index contributed by atoms with van der Waals surface area (Å²) in [5, 5.41) is 7.87. The SMILES string of the molecule is CCn1c(=O)[nH]c2cc(-c3nc(C4CNCCN4C)no3)ccc2c1=O.Cl. The summed E-state index contributed by atoms with van der Waals surface area (Å²) in [5.74, 6) is 0.978. The van der Waals surface area contributed by atoms with E-state index in [9.17, 15) is 9.59 Å². The second kappa shape index (κ2) is 7.63. The number of hydrogen-bond acceptors (Lipinski definition) is 7. The number of halogens is 1. The lowest BCUT2D eigenvalue weighted by molar-refractivity contribution is 0.190. The number of rotatable bonds is 3. The fraction of sp³-hybridized carbons (Fsp3) is 0.412. The maximum absolute atomic E-state index is 12.4. The number of nitrogens with zero attached hydrogens (tertiary/aromatic N) is 4. The van der Waals surface area contributed by atoms with Crippen LogP contribution in [-0.2, 0) is 6.54 Å². The van der Waals surface area contributed by atoms with Gasteiger partial charge in [0.25, 0.3) is 11.4 Å². The molecular weight excluding hydrogens is 372 g/mol. The average molecular weight is 393 g/mol. The molecule has 1 unspecified atom stereocenters. The highest BCUT2D eigenvalue weighted by Crippen LogP contribution is 2.24. The van der Waals surface area contributed by atoms with Crippen LogP contribution < -0.4 is 16.6 Å². The summed E-state index contributed by atoms with van der Waals surface area (Å²) in [5.41, 5.74) is 0.382. The summed E-state index contributed by atoms with van der Waals surface area (Å²) in [6.45, 7) is 4.69. The Labute approximate surface area is 160 Å². The third kappa shape index (κ3) is 3.41. The minimum absolute atomic E-state index is 0. The molecule has 1 aromatic carbocycles. The topological polar surface area (TPSA) is 109 Å². The number of fused-ring (bicyclic) bond motifs is 1. The maximum Gasteiger partial charge on any atom is 0.328 e. The first-order valence-corrected chi connectivity index (χ1v) is 8.60. The zero-order valence-electron chi connectivity index (χ0n) is 15.1. The summed E-state index contributed by atoms with van der Waals surface area (Å²) < 4.78 is 6.58. The minimum Gasteiger partial charge on any atom is -0.334 e. The van der Waals surface area contributed by atoms with Crippen LogP contribution in [0.15, 0.2) is 32.3 Å². The van der Waals surface area contributed by atoms with E-state index in [1.165, 1.54) is 4.57 Å². The first kappa shape index (κ1) is 19.3. The van der Waals surface area contributed by atoms with Gasteiger partial charge in [0, 0.05) is 31.7 Å². The predicted molar refractivity (Wildman–Crippen MR) is 103 cm³/mol. The highest BCUT2D eigenvalue weighted by molar-refractivity contribution is 5.85. The number of piperazine rings is 1. The number of H-pyrrole nitrogens is 1. The summed E-state index contributed by atoms with van der Waals surface area (Å²) in [7, 11) is 2.03. The number of hydrogen-bond donors (Lipinski definition) is 2. The van der Waals surface area contributed by atoms with Crippen LogP contribution in [0.4, 0.5) is 0 Å². The molecule has 3 aromatic rings. The Bertz CT molecular complexity index is 1070. The second-order valence-corrected chi connectivity index (χ2v) is 6.40. The van der Waals surface area contributed by atoms with Crippen LogP contribution in [0, 0.1) is 0 Å². The van der Waals surface area contributed by atoms with Gasteiger partial charge in [-0.2, -0.15) is 4.98 Å². The van der Waals surface area contributed by atoms with Gasteiger partial charge in [-0.3, -0.25) is 14.3 Å². The molecule has 1 saturated heterocycles. The van der Waals surface area contributed by atoms with E-state index in [4.69, 9.17) is 4.52 Å². The van der Waals surface area contributed by atoms with Crippen LogP contribution in [0.5, 0.6) is 0 Å². The molecule has 1 aliphatic heterocycles. The first-order chi connectivity index (χ1) is 12.6. The summed E-state index contributed by atoms with van der Waals surface area (Å²) >= 11 is 0. The van der Waals surface area contributed by atoms with Crippen molar-refractivity contribution in [1.82, 2.24) is 29.9 Å². The molecule has 0 amide bonds. The van der Waals surface area contributed by atoms with Gasteiger partial charge >= 0.3 is 5.69 Å². The van der Waals surface area contributed by atoms with Crippen molar-refractivity contribution in [2.75, 3.05) is 26.7 Å². The number of benzene rings is 1. The smallest absolute Gasteiger partial charge is 0.328 e. The molecule has 0 saturated carbocycles. The van der Waals surface area contributed by atoms with Crippen molar-refractivity contribution in [3.05, 3.63) is 44.9 Å². The van der Waals surface area contributed by atoms with Gasteiger partial charge in [0.2, 0.25) is 0 Å². The van der Waals surface area contributed by atoms with E-state index in [0.29, 0.717) is 34.7 Å². The molecule has 1 fully saturated rings. The van der Waals surface area contributed by atoms with Crippen LogP contribution in [-0.4, -0.2) is 51.3 Å². The number of likely N-dealkylation sites (N-methyl/N-ethyl adjacent to an activating group) is 1. The van der Waals surface area contributed by atoms with Crippen molar-refractivity contribution in [3.63, 3.8) is 0 Å². The molecule has 1 aliphatic rings. The van der Waals surface area contributed by atoms with Gasteiger partial charge in [0.1, 0.15) is 0 Å². The lowest BCUT2D eigenvalue weighted by Gasteiger charge is -2.30. The third-order valence-corrected chi connectivity index (χ3v) is 4.80. The largest absolute Gasteiger partial charge is 0.334 e. The van der Waals surface area contributed by atoms with Crippen LogP contribution in [0.25, 0.3) is 22.4 Å². The van der Waals surface area contributed by atoms with Gasteiger partial charge in [0.15, 0.2) is 5.82 Å². The normalized spacial score (nSPS) is 17.8. The monoisotopic (exact) mass is 392 g/mol. The highest BCUT2D eigenvalue weighted by Gasteiger charge is 2.25. The number of aromatic amines is 1.